The third-order valence-electron chi connectivity index (χ3n) is 2.86. The highest BCUT2D eigenvalue weighted by molar-refractivity contribution is 7.90. The molecule has 0 N–H and O–H groups in total. The minimum Gasteiger partial charge on any atom is -0.478 e. The highest BCUT2D eigenvalue weighted by Crippen LogP contribution is 2.14. The molecule has 0 fully saturated rings. The molecule has 0 aromatic carbocycles. The Balaban J connectivity index is 2.52. The molecule has 0 bridgehead atoms. The summed E-state index contributed by atoms with van der Waals surface area (Å²) < 4.78 is 33.3. The lowest BCUT2D eigenvalue weighted by Gasteiger charge is -2.11. The first-order valence-electron chi connectivity index (χ1n) is 7.09. The van der Waals surface area contributed by atoms with Gasteiger partial charge in [0.2, 0.25) is 20.9 Å². The molecular weight excluding hydrogens is 308 g/mol. The van der Waals surface area contributed by atoms with Crippen LogP contribution >= 0.6 is 0 Å². The summed E-state index contributed by atoms with van der Waals surface area (Å²) in [4.78, 5) is 19.2. The zero-order chi connectivity index (χ0) is 16.8. The predicted octanol–water partition coefficient (Wildman–Crippen LogP) is 1.55. The van der Waals surface area contributed by atoms with Crippen LogP contribution in [0.1, 0.15) is 32.4 Å². The van der Waals surface area contributed by atoms with E-state index in [-0.39, 0.29) is 22.9 Å². The maximum Gasteiger partial charge on any atom is 0.308 e. The number of rotatable bonds is 8. The van der Waals surface area contributed by atoms with Crippen LogP contribution in [0, 0.1) is 12.8 Å². The maximum absolute atomic E-state index is 11.5. The molecule has 0 aliphatic carbocycles. The second-order valence-corrected chi connectivity index (χ2v) is 6.96. The van der Waals surface area contributed by atoms with Gasteiger partial charge in [-0.2, -0.15) is 4.98 Å². The van der Waals surface area contributed by atoms with Crippen molar-refractivity contribution in [3.8, 4) is 5.88 Å². The monoisotopic (exact) mass is 330 g/mol. The molecule has 0 aliphatic heterocycles. The van der Waals surface area contributed by atoms with Crippen LogP contribution in [0.3, 0.4) is 0 Å². The van der Waals surface area contributed by atoms with E-state index in [0.29, 0.717) is 31.7 Å². The molecule has 1 heterocycles. The molecule has 1 aromatic rings. The maximum atomic E-state index is 11.5. The van der Waals surface area contributed by atoms with E-state index in [9.17, 15) is 13.2 Å². The minimum atomic E-state index is -3.47. The third kappa shape index (κ3) is 5.97. The first kappa shape index (κ1) is 18.3. The summed E-state index contributed by atoms with van der Waals surface area (Å²) in [6, 6.07) is 1.57. The van der Waals surface area contributed by atoms with Crippen LogP contribution in [0.25, 0.3) is 0 Å². The fourth-order valence-electron chi connectivity index (χ4n) is 1.72. The van der Waals surface area contributed by atoms with Gasteiger partial charge in [0.25, 0.3) is 0 Å². The molecule has 1 atom stereocenters. The zero-order valence-corrected chi connectivity index (χ0v) is 14.1. The summed E-state index contributed by atoms with van der Waals surface area (Å²) in [5.74, 6) is -0.196. The zero-order valence-electron chi connectivity index (χ0n) is 13.3. The number of nitrogens with zero attached hydrogens (tertiary/aromatic N) is 2. The lowest BCUT2D eigenvalue weighted by molar-refractivity contribution is -0.147. The summed E-state index contributed by atoms with van der Waals surface area (Å²) in [5, 5.41) is -0.248. The Labute approximate surface area is 131 Å². The van der Waals surface area contributed by atoms with Gasteiger partial charge in [-0.15, -0.1) is 0 Å². The van der Waals surface area contributed by atoms with E-state index < -0.39 is 9.84 Å². The number of ether oxygens (including phenoxy) is 2. The van der Waals surface area contributed by atoms with Gasteiger partial charge in [-0.3, -0.25) is 4.79 Å². The summed E-state index contributed by atoms with van der Waals surface area (Å²) in [7, 11) is -3.47. The number of carbonyl (C=O) groups excluding carboxylic acids is 1. The second-order valence-electron chi connectivity index (χ2n) is 5.05. The highest BCUT2D eigenvalue weighted by Gasteiger charge is 2.15. The molecule has 1 unspecified atom stereocenters. The molecule has 124 valence electrons. The second kappa shape index (κ2) is 8.07. The van der Waals surface area contributed by atoms with E-state index >= 15 is 0 Å². The molecular formula is C14H22N2O5S. The SMILES string of the molecule is CCOC(=O)C(C)CCCOc1cc(C)nc(S(C)(=O)=O)n1. The summed E-state index contributed by atoms with van der Waals surface area (Å²) >= 11 is 0. The molecule has 0 saturated heterocycles. The van der Waals surface area contributed by atoms with E-state index in [4.69, 9.17) is 9.47 Å². The van der Waals surface area contributed by atoms with Crippen LogP contribution in [0.2, 0.25) is 0 Å². The number of esters is 1. The van der Waals surface area contributed by atoms with Crippen molar-refractivity contribution in [2.45, 2.75) is 38.8 Å². The van der Waals surface area contributed by atoms with Crippen LogP contribution in [0.15, 0.2) is 11.2 Å². The number of aryl methyl sites for hydroxylation is 1. The third-order valence-corrected chi connectivity index (χ3v) is 3.71. The average molecular weight is 330 g/mol. The highest BCUT2D eigenvalue weighted by atomic mass is 32.2. The summed E-state index contributed by atoms with van der Waals surface area (Å²) in [6.07, 6.45) is 2.31. The van der Waals surface area contributed by atoms with Crippen LogP contribution < -0.4 is 4.74 Å². The number of sulfone groups is 1. The Morgan fingerprint density at radius 2 is 2.05 bits per heavy atom. The summed E-state index contributed by atoms with van der Waals surface area (Å²) in [6.45, 7) is 5.95. The van der Waals surface area contributed by atoms with Crippen LogP contribution in [-0.2, 0) is 19.4 Å². The molecule has 0 spiro atoms. The Morgan fingerprint density at radius 3 is 2.64 bits per heavy atom. The van der Waals surface area contributed by atoms with Crippen molar-refractivity contribution in [3.63, 3.8) is 0 Å². The number of hydrogen-bond acceptors (Lipinski definition) is 7. The van der Waals surface area contributed by atoms with Gasteiger partial charge in [0.05, 0.1) is 19.1 Å². The van der Waals surface area contributed by atoms with Gasteiger partial charge in [-0.05, 0) is 26.7 Å². The van der Waals surface area contributed by atoms with Gasteiger partial charge < -0.3 is 9.47 Å². The van der Waals surface area contributed by atoms with Gasteiger partial charge in [0.1, 0.15) is 0 Å². The van der Waals surface area contributed by atoms with Gasteiger partial charge in [-0.1, -0.05) is 6.92 Å². The van der Waals surface area contributed by atoms with E-state index in [1.165, 1.54) is 0 Å². The Hall–Kier alpha value is -1.70. The first-order chi connectivity index (χ1) is 10.2. The standard InChI is InChI=1S/C14H22N2O5S/c1-5-20-13(17)10(2)7-6-8-21-12-9-11(3)15-14(16-12)22(4,18)19/h9-10H,5-8H2,1-4H3. The van der Waals surface area contributed by atoms with Crippen LogP contribution in [0.5, 0.6) is 5.88 Å². The quantitative estimate of drug-likeness (QED) is 0.405. The fourth-order valence-corrected chi connectivity index (χ4v) is 2.29. The smallest absolute Gasteiger partial charge is 0.308 e. The normalized spacial score (nSPS) is 12.7. The molecule has 1 aromatic heterocycles. The predicted molar refractivity (Wildman–Crippen MR) is 80.4 cm³/mol. The van der Waals surface area contributed by atoms with Gasteiger partial charge in [-0.25, -0.2) is 13.4 Å². The van der Waals surface area contributed by atoms with Gasteiger partial charge in [0.15, 0.2) is 0 Å². The molecule has 1 rings (SSSR count). The van der Waals surface area contributed by atoms with Crippen molar-refractivity contribution in [2.24, 2.45) is 5.92 Å². The van der Waals surface area contributed by atoms with Crippen molar-refractivity contribution in [2.75, 3.05) is 19.5 Å². The lowest BCUT2D eigenvalue weighted by atomic mass is 10.1. The molecule has 0 saturated carbocycles. The molecule has 7 nitrogen and oxygen atoms in total. The lowest BCUT2D eigenvalue weighted by Crippen LogP contribution is -2.15. The molecule has 8 heteroatoms. The van der Waals surface area contributed by atoms with E-state index in [1.54, 1.807) is 26.8 Å². The largest absolute Gasteiger partial charge is 0.478 e. The van der Waals surface area contributed by atoms with Gasteiger partial charge >= 0.3 is 5.97 Å². The van der Waals surface area contributed by atoms with Crippen molar-refractivity contribution in [3.05, 3.63) is 11.8 Å². The molecule has 0 aliphatic rings. The van der Waals surface area contributed by atoms with Crippen LogP contribution in [0.4, 0.5) is 0 Å². The first-order valence-corrected chi connectivity index (χ1v) is 8.98. The molecule has 22 heavy (non-hydrogen) atoms. The summed E-state index contributed by atoms with van der Waals surface area (Å²) in [5.41, 5.74) is 0.519. The number of carbonyl (C=O) groups is 1. The Kier molecular flexibility index (Phi) is 6.73. The van der Waals surface area contributed by atoms with E-state index in [0.717, 1.165) is 6.26 Å². The molecule has 0 radical (unpaired) electrons. The van der Waals surface area contributed by atoms with Crippen molar-refractivity contribution >= 4 is 15.8 Å². The number of hydrogen-bond donors (Lipinski definition) is 0. The average Bonchev–Trinajstić information content (AvgIpc) is 2.42. The van der Waals surface area contributed by atoms with E-state index in [2.05, 4.69) is 9.97 Å². The Morgan fingerprint density at radius 1 is 1.36 bits per heavy atom. The van der Waals surface area contributed by atoms with Gasteiger partial charge in [0, 0.05) is 18.0 Å². The number of aromatic nitrogens is 2. The topological polar surface area (TPSA) is 95.5 Å². The Bertz CT molecular complexity index is 616. The van der Waals surface area contributed by atoms with E-state index in [1.807, 2.05) is 0 Å². The van der Waals surface area contributed by atoms with Crippen molar-refractivity contribution < 1.29 is 22.7 Å². The molecule has 0 amide bonds. The van der Waals surface area contributed by atoms with Crippen LogP contribution in [-0.4, -0.2) is 43.8 Å². The van der Waals surface area contributed by atoms with Crippen molar-refractivity contribution in [1.82, 2.24) is 9.97 Å². The fraction of sp³-hybridized carbons (Fsp3) is 0.643. The van der Waals surface area contributed by atoms with Crippen molar-refractivity contribution in [1.29, 1.82) is 0 Å². The minimum absolute atomic E-state index is 0.192.